The molecule has 2 aliphatic rings. The van der Waals surface area contributed by atoms with Gasteiger partial charge in [0.25, 0.3) is 5.91 Å². The maximum Gasteiger partial charge on any atom is 0.251 e. The normalized spacial score (nSPS) is 20.8. The smallest absolute Gasteiger partial charge is 0.251 e. The number of aliphatic imine (C=N–C) groups is 1. The van der Waals surface area contributed by atoms with Gasteiger partial charge in [0.05, 0.1) is 25.4 Å². The number of carbonyl (C=O) groups excluding carboxylic acids is 1. The van der Waals surface area contributed by atoms with E-state index in [0.29, 0.717) is 18.2 Å². The number of amides is 1. The SMILES string of the molecule is CCNC(=NCc1ccc(C(=O)NC)cc1)N1CCC(OCC2CCCCO2)CC1. The number of guanidine groups is 1. The predicted molar refractivity (Wildman–Crippen MR) is 119 cm³/mol. The summed E-state index contributed by atoms with van der Waals surface area (Å²) in [5, 5.41) is 6.05. The molecule has 7 nitrogen and oxygen atoms in total. The fourth-order valence-electron chi connectivity index (χ4n) is 3.91. The van der Waals surface area contributed by atoms with Gasteiger partial charge in [-0.1, -0.05) is 12.1 Å². The van der Waals surface area contributed by atoms with Crippen LogP contribution in [0.5, 0.6) is 0 Å². The third-order valence-electron chi connectivity index (χ3n) is 5.72. The van der Waals surface area contributed by atoms with Crippen LogP contribution in [0.1, 0.15) is 54.9 Å². The second kappa shape index (κ2) is 11.9. The number of nitrogens with one attached hydrogen (secondary N) is 2. The number of likely N-dealkylation sites (tertiary alicyclic amines) is 1. The van der Waals surface area contributed by atoms with Crippen LogP contribution in [0.2, 0.25) is 0 Å². The van der Waals surface area contributed by atoms with Crippen molar-refractivity contribution >= 4 is 11.9 Å². The van der Waals surface area contributed by atoms with Gasteiger partial charge in [0, 0.05) is 38.9 Å². The predicted octanol–water partition coefficient (Wildman–Crippen LogP) is 2.56. The van der Waals surface area contributed by atoms with Crippen molar-refractivity contribution < 1.29 is 14.3 Å². The van der Waals surface area contributed by atoms with Crippen molar-refractivity contribution in [2.24, 2.45) is 4.99 Å². The quantitative estimate of drug-likeness (QED) is 0.528. The zero-order valence-corrected chi connectivity index (χ0v) is 18.4. The molecule has 0 radical (unpaired) electrons. The van der Waals surface area contributed by atoms with Crippen LogP contribution in [0.15, 0.2) is 29.3 Å². The van der Waals surface area contributed by atoms with Crippen LogP contribution in [0.4, 0.5) is 0 Å². The van der Waals surface area contributed by atoms with Crippen molar-refractivity contribution in [1.29, 1.82) is 0 Å². The first kappa shape index (κ1) is 22.6. The molecule has 2 aliphatic heterocycles. The van der Waals surface area contributed by atoms with Gasteiger partial charge in [0.1, 0.15) is 0 Å². The summed E-state index contributed by atoms with van der Waals surface area (Å²) in [6.07, 6.45) is 6.18. The molecule has 3 rings (SSSR count). The Morgan fingerprint density at radius 3 is 2.60 bits per heavy atom. The molecule has 7 heteroatoms. The van der Waals surface area contributed by atoms with E-state index in [0.717, 1.165) is 63.6 Å². The molecule has 1 aromatic rings. The van der Waals surface area contributed by atoms with Crippen molar-refractivity contribution in [3.63, 3.8) is 0 Å². The maximum atomic E-state index is 11.7. The van der Waals surface area contributed by atoms with E-state index in [2.05, 4.69) is 22.5 Å². The Labute approximate surface area is 180 Å². The lowest BCUT2D eigenvalue weighted by atomic mass is 10.1. The zero-order chi connectivity index (χ0) is 21.2. The van der Waals surface area contributed by atoms with Crippen molar-refractivity contribution in [3.8, 4) is 0 Å². The van der Waals surface area contributed by atoms with Crippen molar-refractivity contribution in [1.82, 2.24) is 15.5 Å². The minimum atomic E-state index is -0.0708. The Morgan fingerprint density at radius 1 is 1.20 bits per heavy atom. The molecule has 0 saturated carbocycles. The number of rotatable bonds is 7. The molecule has 0 bridgehead atoms. The van der Waals surface area contributed by atoms with Crippen molar-refractivity contribution in [2.75, 3.05) is 39.9 Å². The molecule has 30 heavy (non-hydrogen) atoms. The van der Waals surface area contributed by atoms with Gasteiger partial charge in [0.2, 0.25) is 0 Å². The number of ether oxygens (including phenoxy) is 2. The molecule has 0 aliphatic carbocycles. The zero-order valence-electron chi connectivity index (χ0n) is 18.4. The molecule has 1 atom stereocenters. The molecule has 166 valence electrons. The van der Waals surface area contributed by atoms with Gasteiger partial charge in [-0.15, -0.1) is 0 Å². The average Bonchev–Trinajstić information content (AvgIpc) is 2.81. The van der Waals surface area contributed by atoms with E-state index in [1.165, 1.54) is 12.8 Å². The lowest BCUT2D eigenvalue weighted by Crippen LogP contribution is -2.47. The molecule has 1 unspecified atom stereocenters. The minimum absolute atomic E-state index is 0.0708. The van der Waals surface area contributed by atoms with Crippen LogP contribution in [-0.4, -0.2) is 68.9 Å². The highest BCUT2D eigenvalue weighted by Gasteiger charge is 2.23. The van der Waals surface area contributed by atoms with Gasteiger partial charge in [-0.25, -0.2) is 4.99 Å². The Hall–Kier alpha value is -2.12. The molecular formula is C23H36N4O3. The maximum absolute atomic E-state index is 11.7. The molecule has 1 amide bonds. The Kier molecular flexibility index (Phi) is 8.96. The third kappa shape index (κ3) is 6.71. The lowest BCUT2D eigenvalue weighted by Gasteiger charge is -2.35. The van der Waals surface area contributed by atoms with E-state index in [1.54, 1.807) is 7.05 Å². The van der Waals surface area contributed by atoms with Crippen LogP contribution < -0.4 is 10.6 Å². The molecule has 2 fully saturated rings. The fourth-order valence-corrected chi connectivity index (χ4v) is 3.91. The van der Waals surface area contributed by atoms with Crippen LogP contribution in [-0.2, 0) is 16.0 Å². The van der Waals surface area contributed by atoms with E-state index in [4.69, 9.17) is 14.5 Å². The van der Waals surface area contributed by atoms with E-state index in [9.17, 15) is 4.79 Å². The standard InChI is InChI=1S/C23H36N4O3/c1-3-25-23(26-16-18-7-9-19(10-8-18)22(28)24-2)27-13-11-20(12-14-27)30-17-21-6-4-5-15-29-21/h7-10,20-21H,3-6,11-17H2,1-2H3,(H,24,28)(H,25,26). The highest BCUT2D eigenvalue weighted by Crippen LogP contribution is 2.18. The number of hydrogen-bond donors (Lipinski definition) is 2. The monoisotopic (exact) mass is 416 g/mol. The summed E-state index contributed by atoms with van der Waals surface area (Å²) in [6, 6.07) is 7.61. The molecule has 1 aromatic carbocycles. The third-order valence-corrected chi connectivity index (χ3v) is 5.72. The number of carbonyl (C=O) groups is 1. The molecule has 2 heterocycles. The van der Waals surface area contributed by atoms with E-state index in [-0.39, 0.29) is 12.0 Å². The number of nitrogens with zero attached hydrogens (tertiary/aromatic N) is 2. The molecule has 0 spiro atoms. The van der Waals surface area contributed by atoms with Crippen molar-refractivity contribution in [2.45, 2.75) is 57.8 Å². The first-order valence-electron chi connectivity index (χ1n) is 11.3. The van der Waals surface area contributed by atoms with E-state index < -0.39 is 0 Å². The summed E-state index contributed by atoms with van der Waals surface area (Å²) in [4.78, 5) is 18.8. The highest BCUT2D eigenvalue weighted by atomic mass is 16.5. The summed E-state index contributed by atoms with van der Waals surface area (Å²) >= 11 is 0. The summed E-state index contributed by atoms with van der Waals surface area (Å²) in [5.74, 6) is 0.875. The Morgan fingerprint density at radius 2 is 1.97 bits per heavy atom. The molecule has 2 N–H and O–H groups in total. The first-order valence-corrected chi connectivity index (χ1v) is 11.3. The van der Waals surface area contributed by atoms with Gasteiger partial charge >= 0.3 is 0 Å². The van der Waals surface area contributed by atoms with Gasteiger partial charge < -0.3 is 25.0 Å². The van der Waals surface area contributed by atoms with Crippen LogP contribution in [0.25, 0.3) is 0 Å². The Bertz CT molecular complexity index is 678. The minimum Gasteiger partial charge on any atom is -0.376 e. The summed E-state index contributed by atoms with van der Waals surface area (Å²) < 4.78 is 11.9. The van der Waals surface area contributed by atoms with E-state index in [1.807, 2.05) is 24.3 Å². The van der Waals surface area contributed by atoms with Gasteiger partial charge in [-0.05, 0) is 56.7 Å². The summed E-state index contributed by atoms with van der Waals surface area (Å²) in [7, 11) is 1.64. The van der Waals surface area contributed by atoms with Gasteiger partial charge in [0.15, 0.2) is 5.96 Å². The molecular weight excluding hydrogens is 380 g/mol. The second-order valence-electron chi connectivity index (χ2n) is 7.95. The largest absolute Gasteiger partial charge is 0.376 e. The number of benzene rings is 1. The van der Waals surface area contributed by atoms with E-state index >= 15 is 0 Å². The Balaban J connectivity index is 1.48. The topological polar surface area (TPSA) is 75.2 Å². The summed E-state index contributed by atoms with van der Waals surface area (Å²) in [5.41, 5.74) is 1.75. The van der Waals surface area contributed by atoms with Crippen LogP contribution >= 0.6 is 0 Å². The highest BCUT2D eigenvalue weighted by molar-refractivity contribution is 5.93. The number of piperidine rings is 1. The van der Waals surface area contributed by atoms with Crippen LogP contribution in [0.3, 0.4) is 0 Å². The van der Waals surface area contributed by atoms with Gasteiger partial charge in [-0.2, -0.15) is 0 Å². The van der Waals surface area contributed by atoms with Gasteiger partial charge in [-0.3, -0.25) is 4.79 Å². The summed E-state index contributed by atoms with van der Waals surface area (Å²) in [6.45, 7) is 7.01. The second-order valence-corrected chi connectivity index (χ2v) is 7.95. The average molecular weight is 417 g/mol. The molecule has 0 aromatic heterocycles. The fraction of sp³-hybridized carbons (Fsp3) is 0.652. The van der Waals surface area contributed by atoms with Crippen molar-refractivity contribution in [3.05, 3.63) is 35.4 Å². The number of hydrogen-bond acceptors (Lipinski definition) is 4. The van der Waals surface area contributed by atoms with Crippen LogP contribution in [0, 0.1) is 0 Å². The first-order chi connectivity index (χ1) is 14.7. The lowest BCUT2D eigenvalue weighted by molar-refractivity contribution is -0.0721. The molecule has 2 saturated heterocycles.